The SMILES string of the molecule is c1ccc(-c2cc3c(cn2)C2(c4ccc(-c5nc(-c6ccccc6)nc(-c6ccc(-c7cccc8ccccc78)cc6)n5)cc4-3)C3CC4CC(C3)C2C4)cc1. The quantitative estimate of drug-likeness (QED) is 0.179. The van der Waals surface area contributed by atoms with Crippen LogP contribution >= 0.6 is 0 Å². The number of nitrogens with zero attached hydrogens (tertiary/aromatic N) is 4. The van der Waals surface area contributed by atoms with Crippen LogP contribution in [0.4, 0.5) is 0 Å². The van der Waals surface area contributed by atoms with Crippen LogP contribution < -0.4 is 0 Å². The summed E-state index contributed by atoms with van der Waals surface area (Å²) in [5.41, 5.74) is 13.2. The Labute approximate surface area is 321 Å². The Balaban J connectivity index is 1.01. The highest BCUT2D eigenvalue weighted by atomic mass is 15.0. The van der Waals surface area contributed by atoms with E-state index in [0.29, 0.717) is 29.3 Å². The third-order valence-corrected chi connectivity index (χ3v) is 13.6. The molecule has 4 saturated carbocycles. The minimum absolute atomic E-state index is 0.0500. The molecular formula is C51H38N4. The van der Waals surface area contributed by atoms with E-state index >= 15 is 0 Å². The molecule has 5 unspecified atom stereocenters. The summed E-state index contributed by atoms with van der Waals surface area (Å²) in [5, 5.41) is 2.48. The molecule has 1 spiro atoms. The monoisotopic (exact) mass is 706 g/mol. The number of aromatic nitrogens is 4. The largest absolute Gasteiger partial charge is 0.256 e. The third kappa shape index (κ3) is 4.64. The molecule has 4 nitrogen and oxygen atoms in total. The molecule has 0 N–H and O–H groups in total. The van der Waals surface area contributed by atoms with Crippen molar-refractivity contribution in [1.82, 2.24) is 19.9 Å². The van der Waals surface area contributed by atoms with Crippen LogP contribution in [0.2, 0.25) is 0 Å². The van der Waals surface area contributed by atoms with Crippen molar-refractivity contribution in [1.29, 1.82) is 0 Å². The molecule has 5 aliphatic carbocycles. The molecule has 13 rings (SSSR count). The second kappa shape index (κ2) is 11.9. The van der Waals surface area contributed by atoms with E-state index in [1.165, 1.54) is 69.8 Å². The minimum atomic E-state index is 0.0500. The van der Waals surface area contributed by atoms with E-state index in [1.54, 1.807) is 0 Å². The van der Waals surface area contributed by atoms with Gasteiger partial charge in [-0.05, 0) is 106 Å². The van der Waals surface area contributed by atoms with Gasteiger partial charge < -0.3 is 0 Å². The maximum atomic E-state index is 5.23. The number of benzene rings is 6. The number of rotatable bonds is 5. The molecule has 4 heteroatoms. The molecule has 5 atom stereocenters. The molecule has 0 aliphatic heterocycles. The van der Waals surface area contributed by atoms with Crippen LogP contribution in [0.5, 0.6) is 0 Å². The Morgan fingerprint density at radius 1 is 0.455 bits per heavy atom. The summed E-state index contributed by atoms with van der Waals surface area (Å²) in [6.45, 7) is 0. The Hall–Kier alpha value is -6.26. The smallest absolute Gasteiger partial charge is 0.164 e. The molecule has 262 valence electrons. The average Bonchev–Trinajstić information content (AvgIpc) is 3.80. The van der Waals surface area contributed by atoms with Crippen molar-refractivity contribution in [2.45, 2.75) is 31.1 Å². The van der Waals surface area contributed by atoms with E-state index in [9.17, 15) is 0 Å². The van der Waals surface area contributed by atoms with Gasteiger partial charge in [0, 0.05) is 33.9 Å². The molecule has 2 heterocycles. The number of hydrogen-bond acceptors (Lipinski definition) is 4. The fourth-order valence-electron chi connectivity index (χ4n) is 11.4. The van der Waals surface area contributed by atoms with Gasteiger partial charge in [-0.15, -0.1) is 0 Å². The van der Waals surface area contributed by atoms with Crippen molar-refractivity contribution in [3.05, 3.63) is 169 Å². The van der Waals surface area contributed by atoms with Gasteiger partial charge in [-0.2, -0.15) is 0 Å². The lowest BCUT2D eigenvalue weighted by Gasteiger charge is -2.43. The Morgan fingerprint density at radius 2 is 1.09 bits per heavy atom. The maximum Gasteiger partial charge on any atom is 0.164 e. The van der Waals surface area contributed by atoms with E-state index in [1.807, 2.05) is 18.2 Å². The molecule has 5 aliphatic rings. The molecule has 0 radical (unpaired) electrons. The second-order valence-electron chi connectivity index (χ2n) is 16.3. The molecule has 8 aromatic rings. The summed E-state index contributed by atoms with van der Waals surface area (Å²) in [6.07, 6.45) is 7.68. The summed E-state index contributed by atoms with van der Waals surface area (Å²) in [4.78, 5) is 20.7. The van der Waals surface area contributed by atoms with Crippen molar-refractivity contribution < 1.29 is 0 Å². The molecule has 55 heavy (non-hydrogen) atoms. The zero-order valence-electron chi connectivity index (χ0n) is 30.4. The molecular weight excluding hydrogens is 669 g/mol. The molecule has 4 fully saturated rings. The predicted octanol–water partition coefficient (Wildman–Crippen LogP) is 12.1. The van der Waals surface area contributed by atoms with Gasteiger partial charge in [0.15, 0.2) is 17.5 Å². The van der Waals surface area contributed by atoms with E-state index in [-0.39, 0.29) is 5.41 Å². The molecule has 6 aromatic carbocycles. The summed E-state index contributed by atoms with van der Waals surface area (Å²) in [6, 6.07) is 54.1. The molecule has 2 aromatic heterocycles. The van der Waals surface area contributed by atoms with Crippen molar-refractivity contribution in [3.8, 4) is 67.7 Å². The van der Waals surface area contributed by atoms with Gasteiger partial charge in [0.2, 0.25) is 0 Å². The van der Waals surface area contributed by atoms with Crippen LogP contribution in [0.3, 0.4) is 0 Å². The summed E-state index contributed by atoms with van der Waals surface area (Å²) < 4.78 is 0. The van der Waals surface area contributed by atoms with Gasteiger partial charge in [0.05, 0.1) is 5.69 Å². The third-order valence-electron chi connectivity index (χ3n) is 13.6. The topological polar surface area (TPSA) is 51.6 Å². The van der Waals surface area contributed by atoms with Gasteiger partial charge in [-0.3, -0.25) is 4.98 Å². The van der Waals surface area contributed by atoms with Crippen molar-refractivity contribution in [3.63, 3.8) is 0 Å². The van der Waals surface area contributed by atoms with Gasteiger partial charge in [0.25, 0.3) is 0 Å². The Morgan fingerprint density at radius 3 is 1.87 bits per heavy atom. The fraction of sp³-hybridized carbons (Fsp3) is 0.176. The lowest BCUT2D eigenvalue weighted by atomic mass is 9.59. The molecule has 0 amide bonds. The minimum Gasteiger partial charge on any atom is -0.256 e. The Bertz CT molecular complexity index is 2790. The van der Waals surface area contributed by atoms with E-state index in [4.69, 9.17) is 19.9 Å². The first-order chi connectivity index (χ1) is 27.2. The lowest BCUT2D eigenvalue weighted by molar-refractivity contribution is 0.190. The number of hydrogen-bond donors (Lipinski definition) is 0. The van der Waals surface area contributed by atoms with Crippen LogP contribution in [0.25, 0.3) is 78.4 Å². The van der Waals surface area contributed by atoms with Crippen molar-refractivity contribution in [2.24, 2.45) is 23.7 Å². The normalized spacial score (nSPS) is 22.7. The van der Waals surface area contributed by atoms with E-state index < -0.39 is 0 Å². The first kappa shape index (κ1) is 31.1. The highest BCUT2D eigenvalue weighted by molar-refractivity contribution is 5.97. The molecule has 0 saturated heterocycles. The van der Waals surface area contributed by atoms with E-state index in [2.05, 4.69) is 140 Å². The maximum absolute atomic E-state index is 5.23. The first-order valence-electron chi connectivity index (χ1n) is 19.8. The second-order valence-corrected chi connectivity index (χ2v) is 16.3. The van der Waals surface area contributed by atoms with Gasteiger partial charge in [-0.25, -0.2) is 15.0 Å². The van der Waals surface area contributed by atoms with Crippen LogP contribution in [0, 0.1) is 23.7 Å². The fourth-order valence-corrected chi connectivity index (χ4v) is 11.4. The number of fused-ring (bicyclic) bond motifs is 4. The highest BCUT2D eigenvalue weighted by Gasteiger charge is 2.66. The van der Waals surface area contributed by atoms with Gasteiger partial charge >= 0.3 is 0 Å². The zero-order valence-corrected chi connectivity index (χ0v) is 30.4. The van der Waals surface area contributed by atoms with Crippen LogP contribution in [-0.2, 0) is 5.41 Å². The lowest BCUT2D eigenvalue weighted by Crippen LogP contribution is -2.40. The summed E-state index contributed by atoms with van der Waals surface area (Å²) in [7, 11) is 0. The number of pyridine rings is 1. The van der Waals surface area contributed by atoms with E-state index in [0.717, 1.165) is 39.8 Å². The van der Waals surface area contributed by atoms with Gasteiger partial charge in [-0.1, -0.05) is 140 Å². The molecule has 4 bridgehead atoms. The predicted molar refractivity (Wildman–Crippen MR) is 221 cm³/mol. The van der Waals surface area contributed by atoms with Gasteiger partial charge in [0.1, 0.15) is 0 Å². The van der Waals surface area contributed by atoms with Crippen LogP contribution in [-0.4, -0.2) is 19.9 Å². The first-order valence-corrected chi connectivity index (χ1v) is 19.8. The van der Waals surface area contributed by atoms with Crippen LogP contribution in [0.1, 0.15) is 36.8 Å². The van der Waals surface area contributed by atoms with Crippen molar-refractivity contribution >= 4 is 10.8 Å². The summed E-state index contributed by atoms with van der Waals surface area (Å²) in [5.74, 6) is 5.13. The van der Waals surface area contributed by atoms with Crippen LogP contribution in [0.15, 0.2) is 158 Å². The highest BCUT2D eigenvalue weighted by Crippen LogP contribution is 2.73. The summed E-state index contributed by atoms with van der Waals surface area (Å²) >= 11 is 0. The zero-order chi connectivity index (χ0) is 36.1. The standard InChI is InChI=1S/C51H38N4/c1-3-11-34(12-4-1)47-29-43-42-28-37(22-23-44(42)51(46(43)30-52-47)39-25-31-24-38(27-39)45(51)26-31)50-54-48(35-13-5-2-6-14-35)53-49(55-50)36-20-18-33(19-21-36)41-17-9-15-32-10-7-8-16-40(32)41/h1-23,28-31,38-39,45H,24-27H2. The average molecular weight is 707 g/mol. The Kier molecular flexibility index (Phi) is 6.72. The van der Waals surface area contributed by atoms with Crippen molar-refractivity contribution in [2.75, 3.05) is 0 Å².